The van der Waals surface area contributed by atoms with E-state index in [1.54, 1.807) is 0 Å². The molecule has 0 amide bonds. The lowest BCUT2D eigenvalue weighted by molar-refractivity contribution is -0.192. The summed E-state index contributed by atoms with van der Waals surface area (Å²) in [4.78, 5) is 11.5. The molecule has 0 aliphatic carbocycles. The number of benzene rings is 3. The molecule has 3 aromatic carbocycles. The highest BCUT2D eigenvalue weighted by Gasteiger charge is 2.38. The third-order valence-electron chi connectivity index (χ3n) is 6.77. The van der Waals surface area contributed by atoms with E-state index in [2.05, 4.69) is 108 Å². The second-order valence-electron chi connectivity index (χ2n) is 10.6. The average Bonchev–Trinajstić information content (AvgIpc) is 2.93. The molecule has 1 heterocycles. The first-order valence-corrected chi connectivity index (χ1v) is 13.8. The van der Waals surface area contributed by atoms with E-state index >= 15 is 0 Å². The summed E-state index contributed by atoms with van der Waals surface area (Å²) in [6, 6.07) is 29.4. The summed E-state index contributed by atoms with van der Waals surface area (Å²) in [5.74, 6) is -2.07. The Morgan fingerprint density at radius 3 is 2.10 bits per heavy atom. The zero-order valence-electron chi connectivity index (χ0n) is 23.3. The molecule has 0 unspecified atom stereocenters. The predicted octanol–water partition coefficient (Wildman–Crippen LogP) is 6.49. The van der Waals surface area contributed by atoms with Gasteiger partial charge in [0, 0.05) is 25.7 Å². The second kappa shape index (κ2) is 15.6. The van der Waals surface area contributed by atoms with E-state index in [0.717, 1.165) is 26.2 Å². The van der Waals surface area contributed by atoms with E-state index < -0.39 is 12.1 Å². The third-order valence-corrected chi connectivity index (χ3v) is 6.77. The smallest absolute Gasteiger partial charge is 0.475 e. The van der Waals surface area contributed by atoms with Gasteiger partial charge in [-0.3, -0.25) is 4.90 Å². The van der Waals surface area contributed by atoms with Crippen molar-refractivity contribution in [2.24, 2.45) is 5.92 Å². The van der Waals surface area contributed by atoms with Crippen LogP contribution in [-0.4, -0.2) is 47.8 Å². The summed E-state index contributed by atoms with van der Waals surface area (Å²) in [5, 5.41) is 14.5. The highest BCUT2D eigenvalue weighted by molar-refractivity contribution is 5.73. The molecule has 0 spiro atoms. The number of nitrogens with one attached hydrogen (secondary N) is 2. The van der Waals surface area contributed by atoms with Gasteiger partial charge in [-0.2, -0.15) is 13.2 Å². The van der Waals surface area contributed by atoms with Crippen LogP contribution in [0.3, 0.4) is 0 Å². The lowest BCUT2D eigenvalue weighted by atomic mass is 10.0. The Balaban J connectivity index is 0.000000559. The Morgan fingerprint density at radius 1 is 0.875 bits per heavy atom. The quantitative estimate of drug-likeness (QED) is 0.267. The van der Waals surface area contributed by atoms with Crippen LogP contribution in [0.1, 0.15) is 43.4 Å². The molecule has 0 saturated carbocycles. The second-order valence-corrected chi connectivity index (χ2v) is 10.6. The van der Waals surface area contributed by atoms with Crippen molar-refractivity contribution in [2.75, 3.05) is 19.6 Å². The van der Waals surface area contributed by atoms with Gasteiger partial charge in [0.05, 0.1) is 0 Å². The SMILES string of the molecule is CC(C)CNCc1ccc(-c2cccc(CNC3CCN(Cc4ccccc4)CC3)c2)cc1.O=C(O)C(F)(F)F. The molecule has 0 bridgehead atoms. The number of piperidine rings is 1. The number of carboxylic acids is 1. The zero-order valence-corrected chi connectivity index (χ0v) is 23.3. The molecule has 0 radical (unpaired) electrons. The van der Waals surface area contributed by atoms with Gasteiger partial charge in [0.1, 0.15) is 0 Å². The van der Waals surface area contributed by atoms with Crippen molar-refractivity contribution in [2.45, 2.75) is 58.5 Å². The first kappa shape index (κ1) is 31.3. The number of hydrogen-bond acceptors (Lipinski definition) is 4. The van der Waals surface area contributed by atoms with Crippen LogP contribution in [0.5, 0.6) is 0 Å². The fourth-order valence-corrected chi connectivity index (χ4v) is 4.58. The summed E-state index contributed by atoms with van der Waals surface area (Å²) >= 11 is 0. The molecule has 8 heteroatoms. The van der Waals surface area contributed by atoms with Crippen LogP contribution in [0.15, 0.2) is 78.9 Å². The summed E-state index contributed by atoms with van der Waals surface area (Å²) in [7, 11) is 0. The van der Waals surface area contributed by atoms with E-state index in [9.17, 15) is 13.2 Å². The molecule has 1 saturated heterocycles. The van der Waals surface area contributed by atoms with E-state index in [-0.39, 0.29) is 0 Å². The summed E-state index contributed by atoms with van der Waals surface area (Å²) < 4.78 is 31.7. The Labute approximate surface area is 235 Å². The molecule has 1 aliphatic heterocycles. The van der Waals surface area contributed by atoms with Crippen molar-refractivity contribution < 1.29 is 23.1 Å². The van der Waals surface area contributed by atoms with Gasteiger partial charge in [-0.15, -0.1) is 0 Å². The molecule has 3 N–H and O–H groups in total. The monoisotopic (exact) mass is 555 g/mol. The topological polar surface area (TPSA) is 64.6 Å². The minimum Gasteiger partial charge on any atom is -0.475 e. The van der Waals surface area contributed by atoms with Gasteiger partial charge in [-0.25, -0.2) is 4.79 Å². The first-order valence-electron chi connectivity index (χ1n) is 13.8. The molecule has 3 aromatic rings. The molecule has 4 rings (SSSR count). The van der Waals surface area contributed by atoms with Crippen molar-refractivity contribution in [3.63, 3.8) is 0 Å². The van der Waals surface area contributed by atoms with Crippen molar-refractivity contribution in [1.29, 1.82) is 0 Å². The Morgan fingerprint density at radius 2 is 1.50 bits per heavy atom. The molecule has 216 valence electrons. The molecular weight excluding hydrogens is 515 g/mol. The standard InChI is InChI=1S/C30H39N3.C2HF3O2/c1-24(2)20-31-21-25-11-13-28(14-12-25)29-10-6-9-27(19-29)22-32-30-15-17-33(18-16-30)23-26-7-4-3-5-8-26;3-2(4,5)1(6)7/h3-14,19,24,30-32H,15-18,20-23H2,1-2H3;(H,6,7). The van der Waals surface area contributed by atoms with Gasteiger partial charge in [0.25, 0.3) is 0 Å². The Kier molecular flexibility index (Phi) is 12.2. The molecule has 0 atom stereocenters. The minimum atomic E-state index is -5.08. The normalized spacial score (nSPS) is 14.6. The number of nitrogens with zero attached hydrogens (tertiary/aromatic N) is 1. The molecule has 0 aromatic heterocycles. The van der Waals surface area contributed by atoms with Gasteiger partial charge < -0.3 is 15.7 Å². The maximum Gasteiger partial charge on any atom is 0.490 e. The lowest BCUT2D eigenvalue weighted by Crippen LogP contribution is -2.41. The number of aliphatic carboxylic acids is 1. The van der Waals surface area contributed by atoms with Crippen molar-refractivity contribution in [3.05, 3.63) is 95.6 Å². The largest absolute Gasteiger partial charge is 0.490 e. The van der Waals surface area contributed by atoms with Crippen molar-refractivity contribution in [1.82, 2.24) is 15.5 Å². The molecular formula is C32H40F3N3O2. The summed E-state index contributed by atoms with van der Waals surface area (Å²) in [6.45, 7) is 10.8. The van der Waals surface area contributed by atoms with Crippen LogP contribution in [0.25, 0.3) is 11.1 Å². The highest BCUT2D eigenvalue weighted by atomic mass is 19.4. The van der Waals surface area contributed by atoms with E-state index in [1.165, 1.54) is 53.7 Å². The maximum absolute atomic E-state index is 10.6. The molecule has 5 nitrogen and oxygen atoms in total. The Hall–Kier alpha value is -3.20. The van der Waals surface area contributed by atoms with Gasteiger partial charge in [-0.1, -0.05) is 86.6 Å². The van der Waals surface area contributed by atoms with Gasteiger partial charge >= 0.3 is 12.1 Å². The van der Waals surface area contributed by atoms with Crippen molar-refractivity contribution >= 4 is 5.97 Å². The first-order chi connectivity index (χ1) is 19.1. The lowest BCUT2D eigenvalue weighted by Gasteiger charge is -2.32. The van der Waals surface area contributed by atoms with Gasteiger partial charge in [-0.05, 0) is 72.3 Å². The maximum atomic E-state index is 10.6. The van der Waals surface area contributed by atoms with Crippen LogP contribution >= 0.6 is 0 Å². The molecule has 1 fully saturated rings. The van der Waals surface area contributed by atoms with Crippen LogP contribution in [0.4, 0.5) is 13.2 Å². The van der Waals surface area contributed by atoms with E-state index in [0.29, 0.717) is 12.0 Å². The van der Waals surface area contributed by atoms with E-state index in [4.69, 9.17) is 9.90 Å². The minimum absolute atomic E-state index is 0.610. The average molecular weight is 556 g/mol. The van der Waals surface area contributed by atoms with Crippen LogP contribution in [-0.2, 0) is 24.4 Å². The number of carbonyl (C=O) groups is 1. The predicted molar refractivity (Wildman–Crippen MR) is 154 cm³/mol. The molecule has 1 aliphatic rings. The number of carboxylic acid groups (broad SMARTS) is 1. The van der Waals surface area contributed by atoms with Gasteiger partial charge in [0.15, 0.2) is 0 Å². The van der Waals surface area contributed by atoms with Gasteiger partial charge in [0.2, 0.25) is 0 Å². The van der Waals surface area contributed by atoms with Crippen LogP contribution in [0, 0.1) is 5.92 Å². The van der Waals surface area contributed by atoms with E-state index in [1.807, 2.05) is 0 Å². The number of halogens is 3. The van der Waals surface area contributed by atoms with Crippen LogP contribution in [0.2, 0.25) is 0 Å². The summed E-state index contributed by atoms with van der Waals surface area (Å²) in [6.07, 6.45) is -2.64. The number of likely N-dealkylation sites (tertiary alicyclic amines) is 1. The third kappa shape index (κ3) is 11.1. The number of rotatable bonds is 10. The fourth-order valence-electron chi connectivity index (χ4n) is 4.58. The summed E-state index contributed by atoms with van der Waals surface area (Å²) in [5.41, 5.74) is 6.71. The molecule has 40 heavy (non-hydrogen) atoms. The fraction of sp³-hybridized carbons (Fsp3) is 0.406. The van der Waals surface area contributed by atoms with Crippen LogP contribution < -0.4 is 10.6 Å². The highest BCUT2D eigenvalue weighted by Crippen LogP contribution is 2.22. The Bertz CT molecular complexity index is 1160. The number of hydrogen-bond donors (Lipinski definition) is 3. The number of alkyl halides is 3. The zero-order chi connectivity index (χ0) is 29.0. The van der Waals surface area contributed by atoms with Crippen molar-refractivity contribution in [3.8, 4) is 11.1 Å².